The highest BCUT2D eigenvalue weighted by atomic mass is 32.2. The zero-order chi connectivity index (χ0) is 11.8. The van der Waals surface area contributed by atoms with Crippen LogP contribution in [0.5, 0.6) is 0 Å². The number of aliphatic hydroxyl groups excluding tert-OH is 1. The Bertz CT molecular complexity index is 338. The normalized spacial score (nSPS) is 30.2. The lowest BCUT2D eigenvalue weighted by Crippen LogP contribution is -2.54. The standard InChI is InChI=1S/C10H20N2O3S/c1-16(14,15)12-4-2-3-9(6-12)5-11-7-10(13)8-11/h9-10,13H,2-8H2,1H3. The van der Waals surface area contributed by atoms with Crippen LogP contribution in [0.1, 0.15) is 12.8 Å². The summed E-state index contributed by atoms with van der Waals surface area (Å²) in [5.41, 5.74) is 0. The van der Waals surface area contributed by atoms with E-state index in [1.807, 2.05) is 0 Å². The van der Waals surface area contributed by atoms with Crippen molar-refractivity contribution in [3.05, 3.63) is 0 Å². The van der Waals surface area contributed by atoms with Gasteiger partial charge in [-0.2, -0.15) is 0 Å². The van der Waals surface area contributed by atoms with E-state index in [0.29, 0.717) is 19.0 Å². The third-order valence-corrected chi connectivity index (χ3v) is 4.67. The van der Waals surface area contributed by atoms with Crippen molar-refractivity contribution in [3.63, 3.8) is 0 Å². The first-order chi connectivity index (χ1) is 7.45. The molecule has 2 aliphatic heterocycles. The molecule has 94 valence electrons. The summed E-state index contributed by atoms with van der Waals surface area (Å²) >= 11 is 0. The fourth-order valence-electron chi connectivity index (χ4n) is 2.53. The number of hydrogen-bond donors (Lipinski definition) is 1. The molecule has 5 nitrogen and oxygen atoms in total. The molecule has 16 heavy (non-hydrogen) atoms. The van der Waals surface area contributed by atoms with Crippen molar-refractivity contribution in [1.29, 1.82) is 0 Å². The Morgan fingerprint density at radius 3 is 2.56 bits per heavy atom. The second kappa shape index (κ2) is 4.60. The van der Waals surface area contributed by atoms with Gasteiger partial charge in [0, 0.05) is 32.7 Å². The molecule has 1 N–H and O–H groups in total. The van der Waals surface area contributed by atoms with Crippen LogP contribution in [0, 0.1) is 5.92 Å². The lowest BCUT2D eigenvalue weighted by atomic mass is 9.97. The molecule has 2 rings (SSSR count). The monoisotopic (exact) mass is 248 g/mol. The average Bonchev–Trinajstić information content (AvgIpc) is 2.14. The molecule has 0 aliphatic carbocycles. The molecule has 0 aromatic rings. The fraction of sp³-hybridized carbons (Fsp3) is 1.00. The predicted molar refractivity (Wildman–Crippen MR) is 61.6 cm³/mol. The lowest BCUT2D eigenvalue weighted by Gasteiger charge is -2.40. The Balaban J connectivity index is 1.83. The van der Waals surface area contributed by atoms with Crippen molar-refractivity contribution in [1.82, 2.24) is 9.21 Å². The van der Waals surface area contributed by atoms with E-state index < -0.39 is 10.0 Å². The highest BCUT2D eigenvalue weighted by Crippen LogP contribution is 2.21. The van der Waals surface area contributed by atoms with Gasteiger partial charge in [0.15, 0.2) is 0 Å². The number of hydrogen-bond acceptors (Lipinski definition) is 4. The van der Waals surface area contributed by atoms with E-state index in [4.69, 9.17) is 0 Å². The second-order valence-electron chi connectivity index (χ2n) is 5.00. The first-order valence-corrected chi connectivity index (χ1v) is 7.65. The topological polar surface area (TPSA) is 60.9 Å². The SMILES string of the molecule is CS(=O)(=O)N1CCCC(CN2CC(O)C2)C1. The van der Waals surface area contributed by atoms with Gasteiger partial charge < -0.3 is 5.11 Å². The molecule has 6 heteroatoms. The van der Waals surface area contributed by atoms with E-state index in [1.165, 1.54) is 6.26 Å². The van der Waals surface area contributed by atoms with Crippen molar-refractivity contribution in [2.45, 2.75) is 18.9 Å². The first-order valence-electron chi connectivity index (χ1n) is 5.80. The van der Waals surface area contributed by atoms with Gasteiger partial charge in [0.25, 0.3) is 0 Å². The van der Waals surface area contributed by atoms with Gasteiger partial charge in [-0.05, 0) is 18.8 Å². The smallest absolute Gasteiger partial charge is 0.211 e. The quantitative estimate of drug-likeness (QED) is 0.720. The van der Waals surface area contributed by atoms with Crippen molar-refractivity contribution < 1.29 is 13.5 Å². The summed E-state index contributed by atoms with van der Waals surface area (Å²) < 4.78 is 24.4. The fourth-order valence-corrected chi connectivity index (χ4v) is 3.48. The third-order valence-electron chi connectivity index (χ3n) is 3.41. The number of aliphatic hydroxyl groups is 1. The minimum absolute atomic E-state index is 0.172. The maximum Gasteiger partial charge on any atom is 0.211 e. The van der Waals surface area contributed by atoms with Gasteiger partial charge in [0.1, 0.15) is 0 Å². The van der Waals surface area contributed by atoms with Gasteiger partial charge in [-0.3, -0.25) is 4.90 Å². The number of rotatable bonds is 3. The molecule has 2 fully saturated rings. The molecule has 1 unspecified atom stereocenters. The van der Waals surface area contributed by atoms with E-state index in [2.05, 4.69) is 4.90 Å². The minimum atomic E-state index is -3.03. The van der Waals surface area contributed by atoms with Crippen molar-refractivity contribution in [2.24, 2.45) is 5.92 Å². The summed E-state index contributed by atoms with van der Waals surface area (Å²) in [6.45, 7) is 3.72. The van der Waals surface area contributed by atoms with Crippen LogP contribution >= 0.6 is 0 Å². The molecular formula is C10H20N2O3S. The van der Waals surface area contributed by atoms with Gasteiger partial charge in [-0.1, -0.05) is 0 Å². The molecule has 2 aliphatic rings. The van der Waals surface area contributed by atoms with Crippen molar-refractivity contribution in [2.75, 3.05) is 39.0 Å². The Hall–Kier alpha value is -0.170. The molecule has 2 saturated heterocycles. The maximum atomic E-state index is 11.4. The zero-order valence-corrected chi connectivity index (χ0v) is 10.5. The highest BCUT2D eigenvalue weighted by molar-refractivity contribution is 7.88. The zero-order valence-electron chi connectivity index (χ0n) is 9.67. The highest BCUT2D eigenvalue weighted by Gasteiger charge is 2.30. The maximum absolute atomic E-state index is 11.4. The van der Waals surface area contributed by atoms with Gasteiger partial charge in [0.2, 0.25) is 10.0 Å². The van der Waals surface area contributed by atoms with E-state index in [-0.39, 0.29) is 6.10 Å². The van der Waals surface area contributed by atoms with Crippen LogP contribution in [0.3, 0.4) is 0 Å². The van der Waals surface area contributed by atoms with E-state index in [9.17, 15) is 13.5 Å². The van der Waals surface area contributed by atoms with E-state index in [1.54, 1.807) is 4.31 Å². The van der Waals surface area contributed by atoms with E-state index >= 15 is 0 Å². The van der Waals surface area contributed by atoms with E-state index in [0.717, 1.165) is 32.5 Å². The largest absolute Gasteiger partial charge is 0.390 e. The van der Waals surface area contributed by atoms with Crippen molar-refractivity contribution >= 4 is 10.0 Å². The molecule has 0 amide bonds. The summed E-state index contributed by atoms with van der Waals surface area (Å²) in [4.78, 5) is 2.20. The minimum Gasteiger partial charge on any atom is -0.390 e. The summed E-state index contributed by atoms with van der Waals surface area (Å²) in [6.07, 6.45) is 3.16. The van der Waals surface area contributed by atoms with Crippen LogP contribution in [-0.4, -0.2) is 67.8 Å². The Kier molecular flexibility index (Phi) is 3.53. The summed E-state index contributed by atoms with van der Waals surface area (Å²) in [5.74, 6) is 0.427. The average molecular weight is 248 g/mol. The van der Waals surface area contributed by atoms with Gasteiger partial charge in [0.05, 0.1) is 12.4 Å². The number of piperidine rings is 1. The van der Waals surface area contributed by atoms with Crippen LogP contribution in [0.15, 0.2) is 0 Å². The lowest BCUT2D eigenvalue weighted by molar-refractivity contribution is -0.0106. The third kappa shape index (κ3) is 2.94. The van der Waals surface area contributed by atoms with Crippen LogP contribution < -0.4 is 0 Å². The summed E-state index contributed by atoms with van der Waals surface area (Å²) in [7, 11) is -3.03. The number of nitrogens with zero attached hydrogens (tertiary/aromatic N) is 2. The number of likely N-dealkylation sites (tertiary alicyclic amines) is 1. The molecule has 0 spiro atoms. The van der Waals surface area contributed by atoms with Crippen molar-refractivity contribution in [3.8, 4) is 0 Å². The number of sulfonamides is 1. The molecule has 0 radical (unpaired) electrons. The summed E-state index contributed by atoms with van der Waals surface area (Å²) in [5, 5.41) is 9.18. The van der Waals surface area contributed by atoms with Crippen LogP contribution in [0.4, 0.5) is 0 Å². The van der Waals surface area contributed by atoms with Crippen LogP contribution in [0.2, 0.25) is 0 Å². The van der Waals surface area contributed by atoms with Gasteiger partial charge in [-0.25, -0.2) is 12.7 Å². The second-order valence-corrected chi connectivity index (χ2v) is 6.98. The molecule has 0 aromatic heterocycles. The Labute approximate surface area is 97.1 Å². The predicted octanol–water partition coefficient (Wildman–Crippen LogP) is -0.665. The molecule has 1 atom stereocenters. The molecule has 2 heterocycles. The molecule has 0 saturated carbocycles. The molecule has 0 bridgehead atoms. The van der Waals surface area contributed by atoms with Crippen LogP contribution in [0.25, 0.3) is 0 Å². The first kappa shape index (κ1) is 12.3. The Morgan fingerprint density at radius 2 is 2.00 bits per heavy atom. The number of β-amino-alcohol motifs (C(OH)–C–C–N with tert-alkyl or cyclic N) is 1. The Morgan fingerprint density at radius 1 is 1.31 bits per heavy atom. The van der Waals surface area contributed by atoms with Gasteiger partial charge >= 0.3 is 0 Å². The molecule has 0 aromatic carbocycles. The van der Waals surface area contributed by atoms with Crippen LogP contribution in [-0.2, 0) is 10.0 Å². The summed E-state index contributed by atoms with van der Waals surface area (Å²) in [6, 6.07) is 0. The van der Waals surface area contributed by atoms with Gasteiger partial charge in [-0.15, -0.1) is 0 Å². The molecular weight excluding hydrogens is 228 g/mol.